The highest BCUT2D eigenvalue weighted by Crippen LogP contribution is 2.33. The van der Waals surface area contributed by atoms with Crippen LogP contribution in [0.5, 0.6) is 0 Å². The molecule has 0 atom stereocenters. The maximum atomic E-state index is 11.7. The van der Waals surface area contributed by atoms with Gasteiger partial charge in [0, 0.05) is 10.6 Å². The van der Waals surface area contributed by atoms with Gasteiger partial charge in [-0.2, -0.15) is 5.10 Å². The smallest absolute Gasteiger partial charge is 0.272 e. The molecule has 0 saturated heterocycles. The molecular weight excluding hydrogens is 367 g/mol. The van der Waals surface area contributed by atoms with E-state index in [4.69, 9.17) is 23.2 Å². The summed E-state index contributed by atoms with van der Waals surface area (Å²) < 4.78 is 1.86. The van der Waals surface area contributed by atoms with Crippen LogP contribution in [0.25, 0.3) is 11.3 Å². The van der Waals surface area contributed by atoms with E-state index in [1.807, 2.05) is 29.8 Å². The van der Waals surface area contributed by atoms with Gasteiger partial charge in [-0.15, -0.1) is 0 Å². The number of rotatable bonds is 4. The van der Waals surface area contributed by atoms with Crippen LogP contribution in [0.4, 0.5) is 0 Å². The van der Waals surface area contributed by atoms with E-state index in [1.54, 1.807) is 6.07 Å². The molecule has 0 aliphatic heterocycles. The third-order valence-electron chi connectivity index (χ3n) is 4.65. The molecular formula is C21H20Cl2N2O. The molecule has 1 heterocycles. The van der Waals surface area contributed by atoms with E-state index in [2.05, 4.69) is 50.1 Å². The second kappa shape index (κ2) is 6.90. The van der Waals surface area contributed by atoms with Crippen LogP contribution in [0.1, 0.15) is 41.0 Å². The summed E-state index contributed by atoms with van der Waals surface area (Å²) in [6.45, 7) is 8.14. The van der Waals surface area contributed by atoms with E-state index in [9.17, 15) is 4.79 Å². The van der Waals surface area contributed by atoms with Crippen LogP contribution in [0, 0.1) is 13.8 Å². The lowest BCUT2D eigenvalue weighted by atomic mass is 9.93. The molecule has 0 spiro atoms. The number of hydrogen-bond acceptors (Lipinski definition) is 2. The molecule has 0 fully saturated rings. The molecule has 134 valence electrons. The fraction of sp³-hybridized carbons (Fsp3) is 0.238. The van der Waals surface area contributed by atoms with Crippen molar-refractivity contribution in [1.29, 1.82) is 0 Å². The maximum Gasteiger partial charge on any atom is 0.272 e. The van der Waals surface area contributed by atoms with Gasteiger partial charge >= 0.3 is 0 Å². The number of aromatic nitrogens is 2. The molecule has 0 saturated carbocycles. The molecule has 1 aromatic heterocycles. The fourth-order valence-corrected chi connectivity index (χ4v) is 3.21. The average molecular weight is 387 g/mol. The van der Waals surface area contributed by atoms with E-state index in [0.717, 1.165) is 22.4 Å². The predicted octanol–water partition coefficient (Wildman–Crippen LogP) is 5.98. The Morgan fingerprint density at radius 1 is 1.04 bits per heavy atom. The first-order valence-corrected chi connectivity index (χ1v) is 9.10. The Bertz CT molecular complexity index is 972. The highest BCUT2D eigenvalue weighted by atomic mass is 35.5. The molecule has 0 bridgehead atoms. The van der Waals surface area contributed by atoms with Gasteiger partial charge in [-0.25, -0.2) is 0 Å². The normalized spacial score (nSPS) is 11.6. The van der Waals surface area contributed by atoms with Gasteiger partial charge in [-0.1, -0.05) is 47.5 Å². The zero-order valence-electron chi connectivity index (χ0n) is 15.2. The summed E-state index contributed by atoms with van der Waals surface area (Å²) in [6, 6.07) is 15.8. The number of hydrogen-bond donors (Lipinski definition) is 0. The topological polar surface area (TPSA) is 34.9 Å². The average Bonchev–Trinajstić information content (AvgIpc) is 3.04. The third-order valence-corrected chi connectivity index (χ3v) is 5.27. The monoisotopic (exact) mass is 386 g/mol. The van der Waals surface area contributed by atoms with Gasteiger partial charge in [0.05, 0.1) is 11.2 Å². The second-order valence-corrected chi connectivity index (χ2v) is 7.74. The molecule has 26 heavy (non-hydrogen) atoms. The summed E-state index contributed by atoms with van der Waals surface area (Å²) in [5.41, 5.74) is 4.75. The van der Waals surface area contributed by atoms with Gasteiger partial charge in [0.25, 0.3) is 5.24 Å². The number of benzene rings is 2. The molecule has 3 rings (SSSR count). The van der Waals surface area contributed by atoms with Gasteiger partial charge in [0.15, 0.2) is 0 Å². The van der Waals surface area contributed by atoms with E-state index < -0.39 is 10.8 Å². The number of aryl methyl sites for hydroxylation is 2. The van der Waals surface area contributed by atoms with Crippen molar-refractivity contribution in [2.75, 3.05) is 0 Å². The third kappa shape index (κ3) is 3.42. The van der Waals surface area contributed by atoms with E-state index in [0.29, 0.717) is 5.02 Å². The lowest BCUT2D eigenvalue weighted by molar-refractivity contribution is 0.107. The van der Waals surface area contributed by atoms with Crippen LogP contribution in [-0.4, -0.2) is 15.0 Å². The van der Waals surface area contributed by atoms with Crippen LogP contribution < -0.4 is 0 Å². The van der Waals surface area contributed by atoms with Gasteiger partial charge < -0.3 is 0 Å². The molecule has 3 nitrogen and oxygen atoms in total. The molecule has 0 unspecified atom stereocenters. The molecule has 0 N–H and O–H groups in total. The maximum absolute atomic E-state index is 11.7. The van der Waals surface area contributed by atoms with Crippen LogP contribution in [-0.2, 0) is 5.54 Å². The first kappa shape index (κ1) is 18.7. The lowest BCUT2D eigenvalue weighted by Gasteiger charge is -2.28. The van der Waals surface area contributed by atoms with Crippen LogP contribution in [0.2, 0.25) is 5.02 Å². The highest BCUT2D eigenvalue weighted by Gasteiger charge is 2.28. The van der Waals surface area contributed by atoms with E-state index >= 15 is 0 Å². The van der Waals surface area contributed by atoms with Crippen molar-refractivity contribution in [1.82, 2.24) is 9.78 Å². The summed E-state index contributed by atoms with van der Waals surface area (Å²) >= 11 is 11.9. The molecule has 0 aliphatic carbocycles. The zero-order valence-corrected chi connectivity index (χ0v) is 16.7. The first-order chi connectivity index (χ1) is 12.2. The first-order valence-electron chi connectivity index (χ1n) is 8.34. The Hall–Kier alpha value is -2.10. The quantitative estimate of drug-likeness (QED) is 0.516. The van der Waals surface area contributed by atoms with Crippen LogP contribution in [0.3, 0.4) is 0 Å². The zero-order chi connectivity index (χ0) is 19.1. The minimum absolute atomic E-state index is 0.231. The minimum Gasteiger partial charge on any atom is -0.274 e. The van der Waals surface area contributed by atoms with Gasteiger partial charge in [-0.3, -0.25) is 9.48 Å². The van der Waals surface area contributed by atoms with Gasteiger partial charge in [0.1, 0.15) is 5.69 Å². The SMILES string of the molecule is Cc1ccc(C(C)(C)n2nc(C(=O)Cl)cc2-c2ccc(Cl)c(C)c2)cc1. The largest absolute Gasteiger partial charge is 0.274 e. The van der Waals surface area contributed by atoms with E-state index in [1.165, 1.54) is 5.56 Å². The molecule has 0 aliphatic rings. The van der Waals surface area contributed by atoms with Crippen molar-refractivity contribution >= 4 is 28.4 Å². The van der Waals surface area contributed by atoms with Crippen molar-refractivity contribution in [2.45, 2.75) is 33.2 Å². The highest BCUT2D eigenvalue weighted by molar-refractivity contribution is 6.67. The van der Waals surface area contributed by atoms with Crippen molar-refractivity contribution in [2.24, 2.45) is 0 Å². The number of nitrogens with zero attached hydrogens (tertiary/aromatic N) is 2. The Balaban J connectivity index is 2.21. The summed E-state index contributed by atoms with van der Waals surface area (Å²) in [6.07, 6.45) is 0. The van der Waals surface area contributed by atoms with Gasteiger partial charge in [-0.05, 0) is 68.6 Å². The Morgan fingerprint density at radius 3 is 2.27 bits per heavy atom. The second-order valence-electron chi connectivity index (χ2n) is 6.99. The number of halogens is 2. The van der Waals surface area contributed by atoms with E-state index in [-0.39, 0.29) is 5.69 Å². The molecule has 5 heteroatoms. The molecule has 3 aromatic rings. The summed E-state index contributed by atoms with van der Waals surface area (Å²) in [5, 5.41) is 4.64. The molecule has 2 aromatic carbocycles. The molecule has 0 amide bonds. The van der Waals surface area contributed by atoms with Crippen LogP contribution >= 0.6 is 23.2 Å². The number of carbonyl (C=O) groups is 1. The number of carbonyl (C=O) groups excluding carboxylic acids is 1. The summed E-state index contributed by atoms with van der Waals surface area (Å²) in [5.74, 6) is 0. The standard InChI is InChI=1S/C21H20Cl2N2O/c1-13-5-8-16(9-6-13)21(3,4)25-19(12-18(24-25)20(23)26)15-7-10-17(22)14(2)11-15/h5-12H,1-4H3. The summed E-state index contributed by atoms with van der Waals surface area (Å²) in [7, 11) is 0. The van der Waals surface area contributed by atoms with Crippen molar-refractivity contribution in [3.63, 3.8) is 0 Å². The Morgan fingerprint density at radius 2 is 1.69 bits per heavy atom. The van der Waals surface area contributed by atoms with Crippen LogP contribution in [0.15, 0.2) is 48.5 Å². The summed E-state index contributed by atoms with van der Waals surface area (Å²) in [4.78, 5) is 11.7. The van der Waals surface area contributed by atoms with Gasteiger partial charge in [0.2, 0.25) is 0 Å². The Labute approximate surface area is 163 Å². The molecule has 0 radical (unpaired) electrons. The lowest BCUT2D eigenvalue weighted by Crippen LogP contribution is -2.29. The van der Waals surface area contributed by atoms with Crippen molar-refractivity contribution in [3.8, 4) is 11.3 Å². The predicted molar refractivity (Wildman–Crippen MR) is 107 cm³/mol. The Kier molecular flexibility index (Phi) is 4.96. The van der Waals surface area contributed by atoms with Crippen molar-refractivity contribution < 1.29 is 4.79 Å². The minimum atomic E-state index is -0.574. The van der Waals surface area contributed by atoms with Crippen molar-refractivity contribution in [3.05, 3.63) is 75.9 Å². The fourth-order valence-electron chi connectivity index (χ4n) is 3.00.